The first kappa shape index (κ1) is 10.3. The molecule has 0 amide bonds. The molecule has 2 aromatic rings. The Morgan fingerprint density at radius 1 is 1.47 bits per heavy atom. The van der Waals surface area contributed by atoms with Gasteiger partial charge in [0.25, 0.3) is 0 Å². The molecule has 15 heavy (non-hydrogen) atoms. The van der Waals surface area contributed by atoms with Gasteiger partial charge >= 0.3 is 0 Å². The number of aryl methyl sites for hydroxylation is 1. The maximum absolute atomic E-state index is 11.9. The zero-order chi connectivity index (χ0) is 10.8. The van der Waals surface area contributed by atoms with Crippen LogP contribution in [0.4, 0.5) is 0 Å². The lowest BCUT2D eigenvalue weighted by molar-refractivity contribution is 0.104. The highest BCUT2D eigenvalue weighted by molar-refractivity contribution is 7.11. The van der Waals surface area contributed by atoms with Gasteiger partial charge in [-0.2, -0.15) is 0 Å². The van der Waals surface area contributed by atoms with Gasteiger partial charge in [-0.3, -0.25) is 9.78 Å². The summed E-state index contributed by atoms with van der Waals surface area (Å²) in [5.41, 5.74) is 3.22. The van der Waals surface area contributed by atoms with Crippen LogP contribution in [-0.4, -0.2) is 10.8 Å². The van der Waals surface area contributed by atoms with Crippen LogP contribution in [0.5, 0.6) is 0 Å². The molecule has 0 saturated carbocycles. The van der Waals surface area contributed by atoms with Crippen molar-refractivity contribution in [1.29, 1.82) is 0 Å². The molecule has 0 radical (unpaired) electrons. The smallest absolute Gasteiger partial charge is 0.204 e. The third-order valence-corrected chi connectivity index (χ3v) is 3.27. The first-order chi connectivity index (χ1) is 7.18. The molecular formula is C11H8ClNOS. The minimum Gasteiger partial charge on any atom is -0.288 e. The van der Waals surface area contributed by atoms with E-state index in [0.29, 0.717) is 15.5 Å². The van der Waals surface area contributed by atoms with Crippen LogP contribution in [0, 0.1) is 6.92 Å². The minimum absolute atomic E-state index is 0.0283. The maximum Gasteiger partial charge on any atom is 0.204 e. The number of carbonyl (C=O) groups excluding carboxylic acids is 1. The second-order valence-electron chi connectivity index (χ2n) is 3.16. The molecule has 2 nitrogen and oxygen atoms in total. The van der Waals surface area contributed by atoms with E-state index in [0.717, 1.165) is 5.56 Å². The van der Waals surface area contributed by atoms with E-state index in [1.54, 1.807) is 23.8 Å². The van der Waals surface area contributed by atoms with Crippen molar-refractivity contribution < 1.29 is 4.79 Å². The van der Waals surface area contributed by atoms with Crippen LogP contribution in [0.15, 0.2) is 29.9 Å². The van der Waals surface area contributed by atoms with Gasteiger partial charge in [0, 0.05) is 16.8 Å². The number of rotatable bonds is 2. The first-order valence-corrected chi connectivity index (χ1v) is 5.63. The Labute approximate surface area is 96.5 Å². The Balaban J connectivity index is 2.39. The summed E-state index contributed by atoms with van der Waals surface area (Å²) < 4.78 is 0. The lowest BCUT2D eigenvalue weighted by Crippen LogP contribution is -1.98. The maximum atomic E-state index is 11.9. The number of aromatic nitrogens is 1. The van der Waals surface area contributed by atoms with Crippen LogP contribution < -0.4 is 0 Å². The number of thiazole rings is 1. The molecule has 0 unspecified atom stereocenters. The van der Waals surface area contributed by atoms with E-state index in [9.17, 15) is 4.79 Å². The number of ketones is 1. The monoisotopic (exact) mass is 237 g/mol. The second kappa shape index (κ2) is 4.13. The normalized spacial score (nSPS) is 10.3. The number of hydrogen-bond acceptors (Lipinski definition) is 3. The summed E-state index contributed by atoms with van der Waals surface area (Å²) in [7, 11) is 0. The summed E-state index contributed by atoms with van der Waals surface area (Å²) in [5, 5.41) is 0.616. The lowest BCUT2D eigenvalue weighted by atomic mass is 10.1. The van der Waals surface area contributed by atoms with Crippen molar-refractivity contribution in [3.05, 3.63) is 50.9 Å². The third kappa shape index (κ3) is 2.08. The standard InChI is InChI=1S/C11H8ClNOS/c1-7-2-3-8(4-9(7)12)11(14)10-5-13-6-15-10/h2-6H,1H3. The highest BCUT2D eigenvalue weighted by Gasteiger charge is 2.11. The van der Waals surface area contributed by atoms with Crippen molar-refractivity contribution in [3.8, 4) is 0 Å². The third-order valence-electron chi connectivity index (χ3n) is 2.09. The van der Waals surface area contributed by atoms with Crippen LogP contribution in [0.2, 0.25) is 5.02 Å². The molecule has 0 bridgehead atoms. The van der Waals surface area contributed by atoms with E-state index in [4.69, 9.17) is 11.6 Å². The van der Waals surface area contributed by atoms with Gasteiger partial charge in [-0.15, -0.1) is 11.3 Å². The van der Waals surface area contributed by atoms with Crippen LogP contribution >= 0.6 is 22.9 Å². The van der Waals surface area contributed by atoms with Gasteiger partial charge in [0.05, 0.1) is 10.4 Å². The highest BCUT2D eigenvalue weighted by Crippen LogP contribution is 2.20. The predicted molar refractivity (Wildman–Crippen MR) is 61.7 cm³/mol. The summed E-state index contributed by atoms with van der Waals surface area (Å²) in [6, 6.07) is 5.32. The summed E-state index contributed by atoms with van der Waals surface area (Å²) in [6.45, 7) is 1.91. The Morgan fingerprint density at radius 3 is 2.87 bits per heavy atom. The Bertz CT molecular complexity index is 493. The zero-order valence-electron chi connectivity index (χ0n) is 8.03. The topological polar surface area (TPSA) is 30.0 Å². The van der Waals surface area contributed by atoms with Gasteiger partial charge in [0.2, 0.25) is 5.78 Å². The minimum atomic E-state index is -0.0283. The fourth-order valence-corrected chi connectivity index (χ4v) is 1.97. The van der Waals surface area contributed by atoms with Crippen molar-refractivity contribution in [2.45, 2.75) is 6.92 Å². The van der Waals surface area contributed by atoms with Crippen LogP contribution in [-0.2, 0) is 0 Å². The van der Waals surface area contributed by atoms with Crippen molar-refractivity contribution in [1.82, 2.24) is 4.98 Å². The predicted octanol–water partition coefficient (Wildman–Crippen LogP) is 3.34. The van der Waals surface area contributed by atoms with E-state index in [2.05, 4.69) is 4.98 Å². The molecule has 0 spiro atoms. The van der Waals surface area contributed by atoms with Crippen LogP contribution in [0.25, 0.3) is 0 Å². The SMILES string of the molecule is Cc1ccc(C(=O)c2cncs2)cc1Cl. The number of nitrogens with zero attached hydrogens (tertiary/aromatic N) is 1. The Kier molecular flexibility index (Phi) is 2.84. The molecule has 1 aromatic carbocycles. The molecule has 0 N–H and O–H groups in total. The molecule has 0 saturated heterocycles. The summed E-state index contributed by atoms with van der Waals surface area (Å²) in [4.78, 5) is 16.4. The van der Waals surface area contributed by atoms with Crippen molar-refractivity contribution in [2.24, 2.45) is 0 Å². The molecule has 0 fully saturated rings. The molecule has 0 atom stereocenters. The van der Waals surface area contributed by atoms with Crippen LogP contribution in [0.3, 0.4) is 0 Å². The van der Waals surface area contributed by atoms with Crippen molar-refractivity contribution in [2.75, 3.05) is 0 Å². The Hall–Kier alpha value is -1.19. The van der Waals surface area contributed by atoms with Gasteiger partial charge in [0.1, 0.15) is 0 Å². The average Bonchev–Trinajstić information content (AvgIpc) is 2.74. The summed E-state index contributed by atoms with van der Waals surface area (Å²) >= 11 is 7.29. The first-order valence-electron chi connectivity index (χ1n) is 4.38. The average molecular weight is 238 g/mol. The van der Waals surface area contributed by atoms with E-state index < -0.39 is 0 Å². The fourth-order valence-electron chi connectivity index (χ4n) is 1.20. The zero-order valence-corrected chi connectivity index (χ0v) is 9.60. The summed E-state index contributed by atoms with van der Waals surface area (Å²) in [6.07, 6.45) is 1.57. The quantitative estimate of drug-likeness (QED) is 0.750. The molecular weight excluding hydrogens is 230 g/mol. The number of hydrogen-bond donors (Lipinski definition) is 0. The largest absolute Gasteiger partial charge is 0.288 e. The van der Waals surface area contributed by atoms with Gasteiger partial charge in [-0.25, -0.2) is 0 Å². The van der Waals surface area contributed by atoms with Gasteiger partial charge in [-0.1, -0.05) is 23.7 Å². The molecule has 0 aliphatic carbocycles. The van der Waals surface area contributed by atoms with E-state index in [1.807, 2.05) is 13.0 Å². The fraction of sp³-hybridized carbons (Fsp3) is 0.0909. The van der Waals surface area contributed by atoms with E-state index >= 15 is 0 Å². The molecule has 76 valence electrons. The molecule has 1 aromatic heterocycles. The highest BCUT2D eigenvalue weighted by atomic mass is 35.5. The van der Waals surface area contributed by atoms with Gasteiger partial charge < -0.3 is 0 Å². The number of halogens is 1. The molecule has 2 rings (SSSR count). The number of benzene rings is 1. The summed E-state index contributed by atoms with van der Waals surface area (Å²) in [5.74, 6) is -0.0283. The van der Waals surface area contributed by atoms with Crippen LogP contribution in [0.1, 0.15) is 20.8 Å². The second-order valence-corrected chi connectivity index (χ2v) is 4.45. The van der Waals surface area contributed by atoms with Crippen molar-refractivity contribution in [3.63, 3.8) is 0 Å². The van der Waals surface area contributed by atoms with Gasteiger partial charge in [0.15, 0.2) is 0 Å². The molecule has 0 aliphatic rings. The Morgan fingerprint density at radius 2 is 2.27 bits per heavy atom. The van der Waals surface area contributed by atoms with Gasteiger partial charge in [-0.05, 0) is 18.6 Å². The molecule has 0 aliphatic heterocycles. The van der Waals surface area contributed by atoms with Crippen molar-refractivity contribution >= 4 is 28.7 Å². The van der Waals surface area contributed by atoms with E-state index in [-0.39, 0.29) is 5.78 Å². The molecule has 4 heteroatoms. The van der Waals surface area contributed by atoms with E-state index in [1.165, 1.54) is 11.3 Å². The molecule has 1 heterocycles. The lowest BCUT2D eigenvalue weighted by Gasteiger charge is -2.01. The number of carbonyl (C=O) groups is 1.